The van der Waals surface area contributed by atoms with Crippen molar-refractivity contribution in [1.82, 2.24) is 5.32 Å². The Morgan fingerprint density at radius 2 is 1.71 bits per heavy atom. The summed E-state index contributed by atoms with van der Waals surface area (Å²) in [6.07, 6.45) is 1.32. The first-order chi connectivity index (χ1) is 9.76. The third-order valence-corrected chi connectivity index (χ3v) is 3.25. The zero-order valence-electron chi connectivity index (χ0n) is 14.0. The smallest absolute Gasteiger partial charge is 0.220 e. The van der Waals surface area contributed by atoms with E-state index in [1.54, 1.807) is 14.2 Å². The maximum Gasteiger partial charge on any atom is 0.220 e. The molecule has 0 aliphatic heterocycles. The average molecular weight is 293 g/mol. The number of amides is 1. The zero-order valence-corrected chi connectivity index (χ0v) is 14.0. The Bertz CT molecular complexity index is 490. The maximum atomic E-state index is 11.8. The van der Waals surface area contributed by atoms with Gasteiger partial charge in [-0.05, 0) is 42.0 Å². The third-order valence-electron chi connectivity index (χ3n) is 3.25. The molecule has 1 aromatic rings. The molecule has 0 saturated heterocycles. The number of benzene rings is 1. The molecule has 1 aromatic carbocycles. The lowest BCUT2D eigenvalue weighted by atomic mass is 9.92. The van der Waals surface area contributed by atoms with E-state index in [9.17, 15) is 4.79 Å². The van der Waals surface area contributed by atoms with Gasteiger partial charge in [-0.1, -0.05) is 20.8 Å². The molecule has 0 fully saturated rings. The second-order valence-electron chi connectivity index (χ2n) is 6.47. The van der Waals surface area contributed by atoms with Crippen molar-refractivity contribution < 1.29 is 14.3 Å². The first-order valence-electron chi connectivity index (χ1n) is 7.25. The normalized spacial score (nSPS) is 11.1. The van der Waals surface area contributed by atoms with Gasteiger partial charge in [0.25, 0.3) is 0 Å². The van der Waals surface area contributed by atoms with Crippen LogP contribution in [0.5, 0.6) is 11.5 Å². The number of nitrogens with one attached hydrogen (secondary N) is 1. The van der Waals surface area contributed by atoms with Crippen LogP contribution in [0.25, 0.3) is 0 Å². The molecule has 0 unspecified atom stereocenters. The predicted octanol–water partition coefficient (Wildman–Crippen LogP) is 3.11. The molecule has 0 heterocycles. The van der Waals surface area contributed by atoms with E-state index in [-0.39, 0.29) is 11.3 Å². The minimum Gasteiger partial charge on any atom is -0.493 e. The number of hydrogen-bond acceptors (Lipinski definition) is 3. The standard InChI is InChI=1S/C17H27NO3/c1-12-9-14(20-5)15(21-6)10-13(12)7-8-18-16(19)11-17(2,3)4/h9-10H,7-8,11H2,1-6H3,(H,18,19). The SMILES string of the molecule is COc1cc(C)c(CCNC(=O)CC(C)(C)C)cc1OC. The Balaban J connectivity index is 2.62. The van der Waals surface area contributed by atoms with E-state index in [2.05, 4.69) is 26.1 Å². The summed E-state index contributed by atoms with van der Waals surface area (Å²) in [4.78, 5) is 11.8. The molecule has 118 valence electrons. The van der Waals surface area contributed by atoms with Crippen LogP contribution in [0.4, 0.5) is 0 Å². The monoisotopic (exact) mass is 293 g/mol. The molecule has 0 aliphatic rings. The Labute approximate surface area is 127 Å². The summed E-state index contributed by atoms with van der Waals surface area (Å²) in [6.45, 7) is 8.85. The van der Waals surface area contributed by atoms with Gasteiger partial charge in [-0.3, -0.25) is 4.79 Å². The Morgan fingerprint density at radius 3 is 2.24 bits per heavy atom. The summed E-state index contributed by atoms with van der Waals surface area (Å²) in [6, 6.07) is 3.94. The van der Waals surface area contributed by atoms with Crippen molar-refractivity contribution in [3.63, 3.8) is 0 Å². The van der Waals surface area contributed by atoms with Gasteiger partial charge in [-0.2, -0.15) is 0 Å². The largest absolute Gasteiger partial charge is 0.493 e. The molecule has 1 N–H and O–H groups in total. The number of carbonyl (C=O) groups excluding carboxylic acids is 1. The van der Waals surface area contributed by atoms with Gasteiger partial charge in [0.2, 0.25) is 5.91 Å². The summed E-state index contributed by atoms with van der Waals surface area (Å²) in [5.41, 5.74) is 2.31. The highest BCUT2D eigenvalue weighted by atomic mass is 16.5. The van der Waals surface area contributed by atoms with Gasteiger partial charge in [0.1, 0.15) is 0 Å². The summed E-state index contributed by atoms with van der Waals surface area (Å²) in [5.74, 6) is 1.55. The quantitative estimate of drug-likeness (QED) is 0.876. The van der Waals surface area contributed by atoms with E-state index in [0.29, 0.717) is 13.0 Å². The highest BCUT2D eigenvalue weighted by Crippen LogP contribution is 2.30. The fourth-order valence-corrected chi connectivity index (χ4v) is 2.17. The molecule has 21 heavy (non-hydrogen) atoms. The van der Waals surface area contributed by atoms with Gasteiger partial charge in [-0.25, -0.2) is 0 Å². The number of rotatable bonds is 6. The molecule has 0 saturated carbocycles. The minimum absolute atomic E-state index is 0.0172. The van der Waals surface area contributed by atoms with Crippen LogP contribution in [-0.2, 0) is 11.2 Å². The summed E-state index contributed by atoms with van der Waals surface area (Å²) < 4.78 is 10.6. The molecule has 0 bridgehead atoms. The number of ether oxygens (including phenoxy) is 2. The Hall–Kier alpha value is -1.71. The molecule has 4 heteroatoms. The van der Waals surface area contributed by atoms with Crippen molar-refractivity contribution >= 4 is 5.91 Å². The molecule has 0 spiro atoms. The number of methoxy groups -OCH3 is 2. The lowest BCUT2D eigenvalue weighted by Gasteiger charge is -2.17. The first kappa shape index (κ1) is 17.3. The summed E-state index contributed by atoms with van der Waals surface area (Å²) in [7, 11) is 3.26. The van der Waals surface area contributed by atoms with Gasteiger partial charge in [0, 0.05) is 13.0 Å². The van der Waals surface area contributed by atoms with Gasteiger partial charge in [0.15, 0.2) is 11.5 Å². The summed E-state index contributed by atoms with van der Waals surface area (Å²) in [5, 5.41) is 2.97. The highest BCUT2D eigenvalue weighted by molar-refractivity contribution is 5.76. The number of hydrogen-bond donors (Lipinski definition) is 1. The lowest BCUT2D eigenvalue weighted by Crippen LogP contribution is -2.29. The van der Waals surface area contributed by atoms with Gasteiger partial charge < -0.3 is 14.8 Å². The second kappa shape index (κ2) is 7.34. The lowest BCUT2D eigenvalue weighted by molar-refractivity contribution is -0.122. The van der Waals surface area contributed by atoms with E-state index in [1.807, 2.05) is 19.1 Å². The van der Waals surface area contributed by atoms with Crippen molar-refractivity contribution in [3.05, 3.63) is 23.3 Å². The predicted molar refractivity (Wildman–Crippen MR) is 85.1 cm³/mol. The number of carbonyl (C=O) groups is 1. The second-order valence-corrected chi connectivity index (χ2v) is 6.47. The third kappa shape index (κ3) is 5.66. The molecule has 1 rings (SSSR count). The van der Waals surface area contributed by atoms with Crippen molar-refractivity contribution in [1.29, 1.82) is 0 Å². The van der Waals surface area contributed by atoms with Crippen LogP contribution < -0.4 is 14.8 Å². The van der Waals surface area contributed by atoms with E-state index >= 15 is 0 Å². The van der Waals surface area contributed by atoms with Gasteiger partial charge >= 0.3 is 0 Å². The molecule has 0 aliphatic carbocycles. The van der Waals surface area contributed by atoms with E-state index < -0.39 is 0 Å². The number of aryl methyl sites for hydroxylation is 1. The molecule has 0 radical (unpaired) electrons. The summed E-state index contributed by atoms with van der Waals surface area (Å²) >= 11 is 0. The van der Waals surface area contributed by atoms with E-state index in [0.717, 1.165) is 29.0 Å². The van der Waals surface area contributed by atoms with E-state index in [1.165, 1.54) is 0 Å². The molecular weight excluding hydrogens is 266 g/mol. The van der Waals surface area contributed by atoms with Crippen molar-refractivity contribution in [2.24, 2.45) is 5.41 Å². The Morgan fingerprint density at radius 1 is 1.14 bits per heavy atom. The van der Waals surface area contributed by atoms with E-state index in [4.69, 9.17) is 9.47 Å². The fourth-order valence-electron chi connectivity index (χ4n) is 2.17. The van der Waals surface area contributed by atoms with Crippen LogP contribution in [0.1, 0.15) is 38.3 Å². The van der Waals surface area contributed by atoms with Gasteiger partial charge in [-0.15, -0.1) is 0 Å². The first-order valence-corrected chi connectivity index (χ1v) is 7.25. The highest BCUT2D eigenvalue weighted by Gasteiger charge is 2.15. The minimum atomic E-state index is 0.0172. The van der Waals surface area contributed by atoms with Crippen LogP contribution in [-0.4, -0.2) is 26.7 Å². The van der Waals surface area contributed by atoms with Crippen molar-refractivity contribution in [2.75, 3.05) is 20.8 Å². The molecular formula is C17H27NO3. The topological polar surface area (TPSA) is 47.6 Å². The average Bonchev–Trinajstić information content (AvgIpc) is 2.38. The molecule has 1 amide bonds. The fraction of sp³-hybridized carbons (Fsp3) is 0.588. The molecule has 0 atom stereocenters. The van der Waals surface area contributed by atoms with Crippen LogP contribution in [0.3, 0.4) is 0 Å². The van der Waals surface area contributed by atoms with Crippen LogP contribution in [0, 0.1) is 12.3 Å². The Kier molecular flexibility index (Phi) is 6.06. The maximum absolute atomic E-state index is 11.8. The van der Waals surface area contributed by atoms with Crippen molar-refractivity contribution in [3.8, 4) is 11.5 Å². The van der Waals surface area contributed by atoms with Crippen LogP contribution in [0.2, 0.25) is 0 Å². The molecule has 0 aromatic heterocycles. The zero-order chi connectivity index (χ0) is 16.0. The van der Waals surface area contributed by atoms with Gasteiger partial charge in [0.05, 0.1) is 14.2 Å². The van der Waals surface area contributed by atoms with Crippen molar-refractivity contribution in [2.45, 2.75) is 40.5 Å². The molecule has 4 nitrogen and oxygen atoms in total. The van der Waals surface area contributed by atoms with Crippen LogP contribution >= 0.6 is 0 Å². The van der Waals surface area contributed by atoms with Crippen LogP contribution in [0.15, 0.2) is 12.1 Å².